The van der Waals surface area contributed by atoms with Crippen molar-refractivity contribution in [1.29, 1.82) is 0 Å². The number of nitrogens with one attached hydrogen (secondary N) is 1. The average Bonchev–Trinajstić information content (AvgIpc) is 3.17. The number of hydrogen-bond donors (Lipinski definition) is 2. The van der Waals surface area contributed by atoms with Crippen LogP contribution in [0.1, 0.15) is 33.7 Å². The number of hydrogen-bond acceptors (Lipinski definition) is 4. The predicted octanol–water partition coefficient (Wildman–Crippen LogP) is 2.36. The van der Waals surface area contributed by atoms with Crippen LogP contribution in [0.15, 0.2) is 18.2 Å². The van der Waals surface area contributed by atoms with Crippen LogP contribution in [0.25, 0.3) is 5.69 Å². The Morgan fingerprint density at radius 1 is 1.38 bits per heavy atom. The van der Waals surface area contributed by atoms with Gasteiger partial charge in [0.2, 0.25) is 0 Å². The molecule has 0 saturated heterocycles. The van der Waals surface area contributed by atoms with Crippen molar-refractivity contribution in [3.8, 4) is 5.69 Å². The first kappa shape index (κ1) is 18.4. The molecule has 2 aromatic rings. The van der Waals surface area contributed by atoms with E-state index < -0.39 is 5.97 Å². The van der Waals surface area contributed by atoms with Gasteiger partial charge in [-0.15, -0.1) is 11.8 Å². The number of nitrogens with zero attached hydrogens (tertiary/aromatic N) is 2. The van der Waals surface area contributed by atoms with Gasteiger partial charge >= 0.3 is 5.97 Å². The molecular formula is C18H20FN3O3S. The smallest absolute Gasteiger partial charge is 0.313 e. The normalized spacial score (nSPS) is 12.8. The van der Waals surface area contributed by atoms with Crippen molar-refractivity contribution in [3.05, 3.63) is 46.5 Å². The summed E-state index contributed by atoms with van der Waals surface area (Å²) in [7, 11) is 0. The summed E-state index contributed by atoms with van der Waals surface area (Å²) in [6.07, 6.45) is 2.42. The highest BCUT2D eigenvalue weighted by Crippen LogP contribution is 2.28. The first-order valence-corrected chi connectivity index (χ1v) is 9.58. The Morgan fingerprint density at radius 2 is 2.19 bits per heavy atom. The summed E-state index contributed by atoms with van der Waals surface area (Å²) < 4.78 is 15.9. The van der Waals surface area contributed by atoms with Gasteiger partial charge in [0.15, 0.2) is 5.69 Å². The molecule has 1 aliphatic rings. The van der Waals surface area contributed by atoms with Gasteiger partial charge < -0.3 is 10.4 Å². The maximum absolute atomic E-state index is 14.4. The molecule has 0 spiro atoms. The van der Waals surface area contributed by atoms with E-state index in [1.807, 2.05) is 13.0 Å². The highest BCUT2D eigenvalue weighted by molar-refractivity contribution is 7.99. The second-order valence-corrected chi connectivity index (χ2v) is 7.30. The van der Waals surface area contributed by atoms with Crippen LogP contribution in [-0.4, -0.2) is 44.8 Å². The van der Waals surface area contributed by atoms with Gasteiger partial charge in [-0.25, -0.2) is 9.07 Å². The van der Waals surface area contributed by atoms with E-state index >= 15 is 0 Å². The maximum Gasteiger partial charge on any atom is 0.313 e. The number of carbonyl (C=O) groups is 2. The number of benzene rings is 1. The van der Waals surface area contributed by atoms with Crippen molar-refractivity contribution in [3.63, 3.8) is 0 Å². The fourth-order valence-corrected chi connectivity index (χ4v) is 3.65. The molecule has 1 amide bonds. The Morgan fingerprint density at radius 3 is 2.92 bits per heavy atom. The third-order valence-electron chi connectivity index (χ3n) is 4.23. The molecule has 2 N–H and O–H groups in total. The van der Waals surface area contributed by atoms with Crippen LogP contribution in [0.4, 0.5) is 4.39 Å². The van der Waals surface area contributed by atoms with E-state index in [-0.39, 0.29) is 17.5 Å². The summed E-state index contributed by atoms with van der Waals surface area (Å²) in [5, 5.41) is 15.8. The van der Waals surface area contributed by atoms with Crippen LogP contribution in [0, 0.1) is 12.7 Å². The number of aryl methyl sites for hydroxylation is 1. The van der Waals surface area contributed by atoms with Crippen molar-refractivity contribution < 1.29 is 19.1 Å². The van der Waals surface area contributed by atoms with Crippen LogP contribution in [0.3, 0.4) is 0 Å². The zero-order valence-corrected chi connectivity index (χ0v) is 15.2. The van der Waals surface area contributed by atoms with Gasteiger partial charge in [0.05, 0.1) is 5.75 Å². The van der Waals surface area contributed by atoms with E-state index in [9.17, 15) is 14.0 Å². The number of carboxylic acid groups (broad SMARTS) is 1. The van der Waals surface area contributed by atoms with E-state index in [2.05, 4.69) is 10.4 Å². The highest BCUT2D eigenvalue weighted by atomic mass is 32.2. The third kappa shape index (κ3) is 3.90. The second kappa shape index (κ2) is 7.90. The first-order valence-electron chi connectivity index (χ1n) is 8.42. The van der Waals surface area contributed by atoms with E-state index in [1.165, 1.54) is 17.8 Å². The lowest BCUT2D eigenvalue weighted by molar-refractivity contribution is -0.133. The Hall–Kier alpha value is -2.35. The third-order valence-corrected chi connectivity index (χ3v) is 5.18. The molecule has 138 valence electrons. The summed E-state index contributed by atoms with van der Waals surface area (Å²) in [6, 6.07) is 4.96. The minimum absolute atomic E-state index is 0.00654. The number of thioether (sulfide) groups is 1. The monoisotopic (exact) mass is 377 g/mol. The van der Waals surface area contributed by atoms with Gasteiger partial charge in [-0.2, -0.15) is 5.10 Å². The molecule has 6 nitrogen and oxygen atoms in total. The molecule has 3 rings (SSSR count). The number of aliphatic carboxylic acids is 1. The fraction of sp³-hybridized carbons (Fsp3) is 0.389. The van der Waals surface area contributed by atoms with Gasteiger partial charge in [0, 0.05) is 23.6 Å². The van der Waals surface area contributed by atoms with Gasteiger partial charge in [-0.05, 0) is 43.9 Å². The van der Waals surface area contributed by atoms with E-state index in [4.69, 9.17) is 5.11 Å². The number of halogens is 1. The molecule has 0 fully saturated rings. The summed E-state index contributed by atoms with van der Waals surface area (Å²) in [4.78, 5) is 23.0. The Balaban J connectivity index is 1.77. The van der Waals surface area contributed by atoms with Crippen LogP contribution in [-0.2, 0) is 17.6 Å². The average molecular weight is 377 g/mol. The second-order valence-electron chi connectivity index (χ2n) is 6.20. The van der Waals surface area contributed by atoms with E-state index in [0.717, 1.165) is 36.1 Å². The molecular weight excluding hydrogens is 357 g/mol. The van der Waals surface area contributed by atoms with E-state index in [0.29, 0.717) is 23.7 Å². The minimum Gasteiger partial charge on any atom is -0.481 e. The first-order chi connectivity index (χ1) is 12.5. The van der Waals surface area contributed by atoms with Crippen LogP contribution in [0.5, 0.6) is 0 Å². The fourth-order valence-electron chi connectivity index (χ4n) is 3.08. The van der Waals surface area contributed by atoms with Crippen LogP contribution in [0.2, 0.25) is 0 Å². The van der Waals surface area contributed by atoms with Crippen molar-refractivity contribution >= 4 is 23.6 Å². The molecule has 1 aromatic heterocycles. The number of rotatable bonds is 7. The topological polar surface area (TPSA) is 84.2 Å². The zero-order valence-electron chi connectivity index (χ0n) is 14.4. The predicted molar refractivity (Wildman–Crippen MR) is 97.6 cm³/mol. The van der Waals surface area contributed by atoms with E-state index in [1.54, 1.807) is 10.7 Å². The van der Waals surface area contributed by atoms with Crippen molar-refractivity contribution in [2.75, 3.05) is 18.1 Å². The van der Waals surface area contributed by atoms with Gasteiger partial charge in [-0.3, -0.25) is 9.59 Å². The highest BCUT2D eigenvalue weighted by Gasteiger charge is 2.27. The quantitative estimate of drug-likeness (QED) is 0.724. The zero-order chi connectivity index (χ0) is 18.7. The van der Waals surface area contributed by atoms with Crippen LogP contribution >= 0.6 is 11.8 Å². The number of amides is 1. The molecule has 1 aromatic carbocycles. The molecule has 1 aliphatic carbocycles. The lowest BCUT2D eigenvalue weighted by atomic mass is 10.2. The molecule has 8 heteroatoms. The molecule has 0 bridgehead atoms. The van der Waals surface area contributed by atoms with Gasteiger partial charge in [-0.1, -0.05) is 6.07 Å². The SMILES string of the molecule is Cc1ccc(-n2nc(C(=O)NCCSCC(=O)O)c3c2CCC3)c(F)c1. The number of fused-ring (bicyclic) bond motifs is 1. The number of aromatic nitrogens is 2. The van der Waals surface area contributed by atoms with Crippen molar-refractivity contribution in [2.45, 2.75) is 26.2 Å². The Bertz CT molecular complexity index is 850. The van der Waals surface area contributed by atoms with Crippen LogP contribution < -0.4 is 5.32 Å². The maximum atomic E-state index is 14.4. The molecule has 0 unspecified atom stereocenters. The molecule has 0 saturated carbocycles. The largest absolute Gasteiger partial charge is 0.481 e. The van der Waals surface area contributed by atoms with Gasteiger partial charge in [0.25, 0.3) is 5.91 Å². The van der Waals surface area contributed by atoms with Crippen molar-refractivity contribution in [2.24, 2.45) is 0 Å². The lowest BCUT2D eigenvalue weighted by Crippen LogP contribution is -2.27. The van der Waals surface area contributed by atoms with Crippen molar-refractivity contribution in [1.82, 2.24) is 15.1 Å². The molecule has 26 heavy (non-hydrogen) atoms. The molecule has 0 atom stereocenters. The molecule has 0 radical (unpaired) electrons. The summed E-state index contributed by atoms with van der Waals surface area (Å²) in [5.41, 5.74) is 3.27. The summed E-state index contributed by atoms with van der Waals surface area (Å²) in [6.45, 7) is 2.18. The molecule has 0 aliphatic heterocycles. The number of carbonyl (C=O) groups excluding carboxylic acids is 1. The standard InChI is InChI=1S/C18H20FN3O3S/c1-11-5-6-15(13(19)9-11)22-14-4-2-3-12(14)17(21-22)18(25)20-7-8-26-10-16(23)24/h5-6,9H,2-4,7-8,10H2,1H3,(H,20,25)(H,23,24). The summed E-state index contributed by atoms with van der Waals surface area (Å²) >= 11 is 1.24. The molecule has 1 heterocycles. The number of carboxylic acids is 1. The van der Waals surface area contributed by atoms with Gasteiger partial charge in [0.1, 0.15) is 11.5 Å². The minimum atomic E-state index is -0.877. The Labute approximate surface area is 154 Å². The lowest BCUT2D eigenvalue weighted by Gasteiger charge is -2.07. The Kier molecular flexibility index (Phi) is 5.61. The summed E-state index contributed by atoms with van der Waals surface area (Å²) in [5.74, 6) is -1.03.